The minimum atomic E-state index is -4.51. The second kappa shape index (κ2) is 4.18. The highest BCUT2D eigenvalue weighted by Crippen LogP contribution is 2.32. The van der Waals surface area contributed by atoms with Crippen LogP contribution in [0.3, 0.4) is 0 Å². The van der Waals surface area contributed by atoms with E-state index in [9.17, 15) is 17.6 Å². The molecule has 0 bridgehead atoms. The Kier molecular flexibility index (Phi) is 2.99. The highest BCUT2D eigenvalue weighted by molar-refractivity contribution is 5.50. The first kappa shape index (κ1) is 12.2. The summed E-state index contributed by atoms with van der Waals surface area (Å²) in [5.74, 6) is -0.853. The average molecular weight is 248 g/mol. The van der Waals surface area contributed by atoms with Crippen LogP contribution in [0.2, 0.25) is 0 Å². The summed E-state index contributed by atoms with van der Waals surface area (Å²) in [4.78, 5) is 1.67. The largest absolute Gasteiger partial charge is 0.416 e. The van der Waals surface area contributed by atoms with Crippen molar-refractivity contribution in [2.24, 2.45) is 5.73 Å². The van der Waals surface area contributed by atoms with Gasteiger partial charge in [-0.15, -0.1) is 0 Å². The fourth-order valence-corrected chi connectivity index (χ4v) is 1.95. The number of alkyl halides is 3. The molecule has 94 valence electrons. The van der Waals surface area contributed by atoms with Gasteiger partial charge in [-0.3, -0.25) is 0 Å². The Balaban J connectivity index is 2.26. The normalized spacial score (nSPS) is 21.0. The van der Waals surface area contributed by atoms with Crippen molar-refractivity contribution in [3.63, 3.8) is 0 Å². The Morgan fingerprint density at radius 2 is 2.00 bits per heavy atom. The molecule has 0 amide bonds. The molecule has 2 N–H and O–H groups in total. The van der Waals surface area contributed by atoms with Crippen LogP contribution in [0.25, 0.3) is 0 Å². The first-order valence-electron chi connectivity index (χ1n) is 5.25. The topological polar surface area (TPSA) is 29.3 Å². The predicted octanol–water partition coefficient (Wildman–Crippen LogP) is 2.38. The Labute approximate surface area is 96.0 Å². The number of hydrogen-bond acceptors (Lipinski definition) is 2. The molecular weight excluding hydrogens is 236 g/mol. The quantitative estimate of drug-likeness (QED) is 0.773. The van der Waals surface area contributed by atoms with E-state index in [0.29, 0.717) is 19.2 Å². The zero-order valence-electron chi connectivity index (χ0n) is 8.97. The third kappa shape index (κ3) is 2.52. The van der Waals surface area contributed by atoms with Gasteiger partial charge in [-0.2, -0.15) is 13.2 Å². The highest BCUT2D eigenvalue weighted by Gasteiger charge is 2.32. The van der Waals surface area contributed by atoms with E-state index in [1.165, 1.54) is 0 Å². The summed E-state index contributed by atoms with van der Waals surface area (Å²) in [6, 6.07) is 2.54. The Bertz CT molecular complexity index is 416. The number of nitrogens with two attached hydrogens (primary N) is 1. The van der Waals surface area contributed by atoms with Crippen molar-refractivity contribution in [2.75, 3.05) is 18.0 Å². The van der Waals surface area contributed by atoms with Crippen LogP contribution in [0.1, 0.15) is 12.0 Å². The zero-order chi connectivity index (χ0) is 12.6. The number of rotatable bonds is 1. The van der Waals surface area contributed by atoms with E-state index >= 15 is 0 Å². The van der Waals surface area contributed by atoms with Gasteiger partial charge in [-0.1, -0.05) is 0 Å². The van der Waals surface area contributed by atoms with Crippen molar-refractivity contribution in [3.8, 4) is 0 Å². The molecule has 1 heterocycles. The van der Waals surface area contributed by atoms with E-state index in [4.69, 9.17) is 5.73 Å². The minimum absolute atomic E-state index is 0.0447. The molecule has 1 aromatic rings. The van der Waals surface area contributed by atoms with Crippen molar-refractivity contribution < 1.29 is 17.6 Å². The Hall–Kier alpha value is -1.30. The lowest BCUT2D eigenvalue weighted by molar-refractivity contribution is -0.137. The fraction of sp³-hybridized carbons (Fsp3) is 0.455. The van der Waals surface area contributed by atoms with E-state index in [-0.39, 0.29) is 11.7 Å². The van der Waals surface area contributed by atoms with Gasteiger partial charge in [0.15, 0.2) is 0 Å². The number of halogens is 4. The molecule has 0 aromatic heterocycles. The lowest BCUT2D eigenvalue weighted by Gasteiger charge is -2.19. The Morgan fingerprint density at radius 1 is 1.29 bits per heavy atom. The molecule has 1 aromatic carbocycles. The molecule has 2 rings (SSSR count). The maximum absolute atomic E-state index is 13.6. The van der Waals surface area contributed by atoms with Crippen LogP contribution in [0, 0.1) is 5.82 Å². The zero-order valence-corrected chi connectivity index (χ0v) is 8.97. The first-order valence-corrected chi connectivity index (χ1v) is 5.25. The van der Waals surface area contributed by atoms with Gasteiger partial charge in [0.05, 0.1) is 11.3 Å². The van der Waals surface area contributed by atoms with E-state index in [0.717, 1.165) is 18.6 Å². The van der Waals surface area contributed by atoms with Crippen LogP contribution in [-0.2, 0) is 6.18 Å². The third-order valence-corrected chi connectivity index (χ3v) is 2.84. The molecule has 0 aliphatic carbocycles. The fourth-order valence-electron chi connectivity index (χ4n) is 1.95. The summed E-state index contributed by atoms with van der Waals surface area (Å²) >= 11 is 0. The summed E-state index contributed by atoms with van der Waals surface area (Å²) in [6.45, 7) is 1.05. The molecule has 1 aliphatic heterocycles. The van der Waals surface area contributed by atoms with Crippen LogP contribution in [-0.4, -0.2) is 19.1 Å². The van der Waals surface area contributed by atoms with Gasteiger partial charge in [-0.25, -0.2) is 4.39 Å². The molecule has 1 fully saturated rings. The lowest BCUT2D eigenvalue weighted by atomic mass is 10.2. The standard InChI is InChI=1S/C11H12F4N2/c12-9-5-7(11(13,14)15)1-2-10(9)17-4-3-8(16)6-17/h1-2,5,8H,3-4,6,16H2. The van der Waals surface area contributed by atoms with Crippen LogP contribution in [0.15, 0.2) is 18.2 Å². The minimum Gasteiger partial charge on any atom is -0.368 e. The third-order valence-electron chi connectivity index (χ3n) is 2.84. The summed E-state index contributed by atoms with van der Waals surface area (Å²) in [5.41, 5.74) is 4.88. The molecule has 1 unspecified atom stereocenters. The van der Waals surface area contributed by atoms with Crippen molar-refractivity contribution in [3.05, 3.63) is 29.6 Å². The number of nitrogens with zero attached hydrogens (tertiary/aromatic N) is 1. The molecule has 2 nitrogen and oxygen atoms in total. The van der Waals surface area contributed by atoms with Crippen LogP contribution < -0.4 is 10.6 Å². The van der Waals surface area contributed by atoms with E-state index in [2.05, 4.69) is 0 Å². The van der Waals surface area contributed by atoms with E-state index in [1.807, 2.05) is 0 Å². The monoisotopic (exact) mass is 248 g/mol. The highest BCUT2D eigenvalue weighted by atomic mass is 19.4. The van der Waals surface area contributed by atoms with Gasteiger partial charge in [0, 0.05) is 19.1 Å². The maximum atomic E-state index is 13.6. The smallest absolute Gasteiger partial charge is 0.368 e. The number of benzene rings is 1. The molecular formula is C11H12F4N2. The van der Waals surface area contributed by atoms with E-state index in [1.54, 1.807) is 4.90 Å². The second-order valence-electron chi connectivity index (χ2n) is 4.16. The summed E-state index contributed by atoms with van der Waals surface area (Å²) in [7, 11) is 0. The van der Waals surface area contributed by atoms with Gasteiger partial charge in [0.25, 0.3) is 0 Å². The molecule has 1 saturated heterocycles. The SMILES string of the molecule is NC1CCN(c2ccc(C(F)(F)F)cc2F)C1. The van der Waals surface area contributed by atoms with Crippen LogP contribution in [0.5, 0.6) is 0 Å². The van der Waals surface area contributed by atoms with Crippen molar-refractivity contribution in [1.82, 2.24) is 0 Å². The predicted molar refractivity (Wildman–Crippen MR) is 56.2 cm³/mol. The lowest BCUT2D eigenvalue weighted by Crippen LogP contribution is -2.27. The first-order chi connectivity index (χ1) is 7.88. The van der Waals surface area contributed by atoms with Gasteiger partial charge in [-0.05, 0) is 24.6 Å². The molecule has 6 heteroatoms. The van der Waals surface area contributed by atoms with Crippen LogP contribution in [0.4, 0.5) is 23.2 Å². The van der Waals surface area contributed by atoms with Crippen LogP contribution >= 0.6 is 0 Å². The van der Waals surface area contributed by atoms with Gasteiger partial charge >= 0.3 is 6.18 Å². The molecule has 0 spiro atoms. The van der Waals surface area contributed by atoms with Crippen molar-refractivity contribution in [2.45, 2.75) is 18.6 Å². The number of anilines is 1. The number of hydrogen-bond donors (Lipinski definition) is 1. The van der Waals surface area contributed by atoms with Gasteiger partial charge in [0.2, 0.25) is 0 Å². The molecule has 17 heavy (non-hydrogen) atoms. The molecule has 0 saturated carbocycles. The van der Waals surface area contributed by atoms with Gasteiger partial charge in [0.1, 0.15) is 5.82 Å². The molecule has 0 radical (unpaired) electrons. The summed E-state index contributed by atoms with van der Waals surface area (Å²) in [5, 5.41) is 0. The average Bonchev–Trinajstić information content (AvgIpc) is 2.63. The molecule has 1 aliphatic rings. The summed E-state index contributed by atoms with van der Waals surface area (Å²) in [6.07, 6.45) is -3.79. The second-order valence-corrected chi connectivity index (χ2v) is 4.16. The van der Waals surface area contributed by atoms with Crippen molar-refractivity contribution in [1.29, 1.82) is 0 Å². The Morgan fingerprint density at radius 3 is 2.47 bits per heavy atom. The molecule has 1 atom stereocenters. The van der Waals surface area contributed by atoms with Crippen molar-refractivity contribution >= 4 is 5.69 Å². The maximum Gasteiger partial charge on any atom is 0.416 e. The van der Waals surface area contributed by atoms with Gasteiger partial charge < -0.3 is 10.6 Å². The van der Waals surface area contributed by atoms with E-state index < -0.39 is 17.6 Å². The summed E-state index contributed by atoms with van der Waals surface area (Å²) < 4.78 is 50.6.